The summed E-state index contributed by atoms with van der Waals surface area (Å²) in [5.74, 6) is 0.740. The summed E-state index contributed by atoms with van der Waals surface area (Å²) in [6.07, 6.45) is 15.3. The van der Waals surface area contributed by atoms with Gasteiger partial charge in [0.05, 0.1) is 11.4 Å². The zero-order valence-electron chi connectivity index (χ0n) is 24.6. The normalized spacial score (nSPS) is 14.5. The molecule has 0 spiro atoms. The number of rotatable bonds is 4. The van der Waals surface area contributed by atoms with Gasteiger partial charge in [-0.25, -0.2) is 9.97 Å². The Kier molecular flexibility index (Phi) is 7.35. The molecular weight excluding hydrogens is 534 g/mol. The van der Waals surface area contributed by atoms with E-state index in [0.717, 1.165) is 68.0 Å². The van der Waals surface area contributed by atoms with Crippen LogP contribution in [0.3, 0.4) is 0 Å². The summed E-state index contributed by atoms with van der Waals surface area (Å²) < 4.78 is 0. The largest absolute Gasteiger partial charge is 0.263 e. The molecule has 0 N–H and O–H groups in total. The van der Waals surface area contributed by atoms with Crippen LogP contribution in [0.15, 0.2) is 158 Å². The van der Waals surface area contributed by atoms with Crippen molar-refractivity contribution in [1.29, 1.82) is 0 Å². The quantitative estimate of drug-likeness (QED) is 0.213. The van der Waals surface area contributed by atoms with Crippen LogP contribution in [0.5, 0.6) is 0 Å². The minimum atomic E-state index is 0.740. The maximum atomic E-state index is 4.80. The second-order valence-electron chi connectivity index (χ2n) is 11.0. The first kappa shape index (κ1) is 27.2. The predicted octanol–water partition coefficient (Wildman–Crippen LogP) is 9.99. The molecule has 1 aliphatic rings. The van der Waals surface area contributed by atoms with Crippen LogP contribution < -0.4 is 0 Å². The summed E-state index contributed by atoms with van der Waals surface area (Å²) in [6.45, 7) is 6.22. The molecule has 0 atom stereocenters. The minimum absolute atomic E-state index is 0.740. The molecular formula is C41H31N3. The van der Waals surface area contributed by atoms with Gasteiger partial charge in [-0.15, -0.1) is 0 Å². The molecule has 3 heteroatoms. The number of pyridine rings is 1. The third-order valence-corrected chi connectivity index (χ3v) is 8.02. The molecule has 0 fully saturated rings. The van der Waals surface area contributed by atoms with Crippen molar-refractivity contribution >= 4 is 16.3 Å². The van der Waals surface area contributed by atoms with Gasteiger partial charge in [0, 0.05) is 34.5 Å². The van der Waals surface area contributed by atoms with Gasteiger partial charge in [0.15, 0.2) is 0 Å². The Balaban J connectivity index is 1.21. The number of aromatic nitrogens is 3. The zero-order chi connectivity index (χ0) is 29.9. The van der Waals surface area contributed by atoms with Gasteiger partial charge in [-0.05, 0) is 64.3 Å². The molecule has 0 saturated carbocycles. The molecule has 0 radical (unpaired) electrons. The number of aryl methyl sites for hydroxylation is 1. The van der Waals surface area contributed by atoms with E-state index in [1.54, 1.807) is 0 Å². The van der Waals surface area contributed by atoms with Gasteiger partial charge in [-0.3, -0.25) is 4.98 Å². The van der Waals surface area contributed by atoms with Gasteiger partial charge in [-0.1, -0.05) is 128 Å². The fraction of sp³-hybridized carbons (Fsp3) is 0.0488. The highest BCUT2D eigenvalue weighted by molar-refractivity contribution is 5.96. The second-order valence-corrected chi connectivity index (χ2v) is 11.0. The zero-order valence-corrected chi connectivity index (χ0v) is 24.6. The third kappa shape index (κ3) is 5.56. The fourth-order valence-corrected chi connectivity index (χ4v) is 5.81. The first-order valence-corrected chi connectivity index (χ1v) is 14.8. The SMILES string of the molecule is C=C1C=C(c2ccc(-c3cc(-c4ccc(-c5cncc6ccccc56)cc4)nc(C)n3)cc2)c2ccccc2C/C=C\C=C/1. The topological polar surface area (TPSA) is 38.7 Å². The Morgan fingerprint density at radius 2 is 1.30 bits per heavy atom. The lowest BCUT2D eigenvalue weighted by Crippen LogP contribution is -1.97. The molecule has 210 valence electrons. The van der Waals surface area contributed by atoms with Gasteiger partial charge in [0.2, 0.25) is 0 Å². The Bertz CT molecular complexity index is 2090. The summed E-state index contributed by atoms with van der Waals surface area (Å²) >= 11 is 0. The second kappa shape index (κ2) is 11.9. The summed E-state index contributed by atoms with van der Waals surface area (Å²) in [7, 11) is 0. The van der Waals surface area contributed by atoms with E-state index in [0.29, 0.717) is 0 Å². The molecule has 7 rings (SSSR count). The molecule has 0 bridgehead atoms. The molecule has 44 heavy (non-hydrogen) atoms. The highest BCUT2D eigenvalue weighted by atomic mass is 14.9. The Morgan fingerprint density at radius 3 is 2.07 bits per heavy atom. The molecule has 2 aromatic heterocycles. The van der Waals surface area contributed by atoms with Crippen LogP contribution in [0.25, 0.3) is 50.0 Å². The molecule has 6 aromatic rings. The van der Waals surface area contributed by atoms with E-state index < -0.39 is 0 Å². The number of benzene rings is 4. The van der Waals surface area contributed by atoms with Gasteiger partial charge in [-0.2, -0.15) is 0 Å². The molecule has 0 amide bonds. The van der Waals surface area contributed by atoms with E-state index in [1.807, 2.05) is 25.4 Å². The van der Waals surface area contributed by atoms with Crippen molar-refractivity contribution in [2.24, 2.45) is 0 Å². The number of fused-ring (bicyclic) bond motifs is 2. The predicted molar refractivity (Wildman–Crippen MR) is 183 cm³/mol. The number of hydrogen-bond acceptors (Lipinski definition) is 3. The van der Waals surface area contributed by atoms with E-state index >= 15 is 0 Å². The smallest absolute Gasteiger partial charge is 0.126 e. The molecule has 0 unspecified atom stereocenters. The van der Waals surface area contributed by atoms with Crippen LogP contribution in [-0.4, -0.2) is 15.0 Å². The third-order valence-electron chi connectivity index (χ3n) is 8.02. The number of hydrogen-bond donors (Lipinski definition) is 0. The van der Waals surface area contributed by atoms with Crippen molar-refractivity contribution in [3.05, 3.63) is 181 Å². The highest BCUT2D eigenvalue weighted by Gasteiger charge is 2.13. The van der Waals surface area contributed by atoms with Gasteiger partial charge in [0.25, 0.3) is 0 Å². The summed E-state index contributed by atoms with van der Waals surface area (Å²) in [5.41, 5.74) is 11.9. The molecule has 1 aliphatic carbocycles. The Hall–Kier alpha value is -5.67. The van der Waals surface area contributed by atoms with Gasteiger partial charge >= 0.3 is 0 Å². The maximum Gasteiger partial charge on any atom is 0.126 e. The lowest BCUT2D eigenvalue weighted by molar-refractivity contribution is 1.06. The van der Waals surface area contributed by atoms with E-state index in [9.17, 15) is 0 Å². The van der Waals surface area contributed by atoms with Gasteiger partial charge in [0.1, 0.15) is 5.82 Å². The highest BCUT2D eigenvalue weighted by Crippen LogP contribution is 2.33. The molecule has 0 saturated heterocycles. The maximum absolute atomic E-state index is 4.80. The van der Waals surface area contributed by atoms with Crippen molar-refractivity contribution in [2.75, 3.05) is 0 Å². The molecule has 4 aromatic carbocycles. The van der Waals surface area contributed by atoms with E-state index in [-0.39, 0.29) is 0 Å². The number of nitrogens with zero attached hydrogens (tertiary/aromatic N) is 3. The van der Waals surface area contributed by atoms with Crippen molar-refractivity contribution in [2.45, 2.75) is 13.3 Å². The minimum Gasteiger partial charge on any atom is -0.263 e. The van der Waals surface area contributed by atoms with E-state index in [1.165, 1.54) is 16.5 Å². The Labute approximate surface area is 258 Å². The first-order valence-electron chi connectivity index (χ1n) is 14.8. The van der Waals surface area contributed by atoms with Crippen LogP contribution >= 0.6 is 0 Å². The summed E-state index contributed by atoms with van der Waals surface area (Å²) in [6, 6.07) is 36.3. The monoisotopic (exact) mass is 565 g/mol. The first-order chi connectivity index (χ1) is 21.6. The van der Waals surface area contributed by atoms with Gasteiger partial charge < -0.3 is 0 Å². The van der Waals surface area contributed by atoms with E-state index in [2.05, 4.69) is 139 Å². The van der Waals surface area contributed by atoms with Crippen molar-refractivity contribution in [1.82, 2.24) is 15.0 Å². The lowest BCUT2D eigenvalue weighted by atomic mass is 9.90. The molecule has 0 aliphatic heterocycles. The standard InChI is InChI=1S/C41H31N3/c1-28-10-4-3-5-11-30-12-6-8-14-36(30)38(24-28)31-16-20-33(21-17-31)40-25-41(44-29(2)43-40)34-22-18-32(19-23-34)39-27-42-26-35-13-7-9-15-37(35)39/h3-10,12-27H,1,11H2,2H3/b5-3-,10-4-,38-24?. The molecule has 2 heterocycles. The average molecular weight is 566 g/mol. The molecule has 3 nitrogen and oxygen atoms in total. The number of allylic oxidation sites excluding steroid dienone is 6. The van der Waals surface area contributed by atoms with Crippen LogP contribution in [0.4, 0.5) is 0 Å². The van der Waals surface area contributed by atoms with Crippen LogP contribution in [0.1, 0.15) is 22.5 Å². The van der Waals surface area contributed by atoms with Crippen LogP contribution in [-0.2, 0) is 6.42 Å². The van der Waals surface area contributed by atoms with Crippen LogP contribution in [0, 0.1) is 6.92 Å². The fourth-order valence-electron chi connectivity index (χ4n) is 5.81. The van der Waals surface area contributed by atoms with E-state index in [4.69, 9.17) is 9.97 Å². The lowest BCUT2D eigenvalue weighted by Gasteiger charge is -2.15. The average Bonchev–Trinajstić information content (AvgIpc) is 3.07. The van der Waals surface area contributed by atoms with Crippen molar-refractivity contribution in [3.8, 4) is 33.6 Å². The Morgan fingerprint density at radius 1 is 0.636 bits per heavy atom. The van der Waals surface area contributed by atoms with Crippen LogP contribution in [0.2, 0.25) is 0 Å². The summed E-state index contributed by atoms with van der Waals surface area (Å²) in [4.78, 5) is 14.1. The van der Waals surface area contributed by atoms with Crippen molar-refractivity contribution < 1.29 is 0 Å². The van der Waals surface area contributed by atoms with Crippen molar-refractivity contribution in [3.63, 3.8) is 0 Å². The summed E-state index contributed by atoms with van der Waals surface area (Å²) in [5, 5.41) is 2.33.